The van der Waals surface area contributed by atoms with Crippen molar-refractivity contribution in [2.75, 3.05) is 19.5 Å². The molecule has 4 nitrogen and oxygen atoms in total. The molecule has 0 aliphatic rings. The number of anilines is 1. The lowest BCUT2D eigenvalue weighted by Gasteiger charge is -2.11. The van der Waals surface area contributed by atoms with Gasteiger partial charge in [-0.25, -0.2) is 0 Å². The molecule has 0 amide bonds. The van der Waals surface area contributed by atoms with Crippen molar-refractivity contribution in [1.29, 1.82) is 0 Å². The van der Waals surface area contributed by atoms with Crippen LogP contribution in [0.2, 0.25) is 0 Å². The predicted octanol–water partition coefficient (Wildman–Crippen LogP) is 4.24. The van der Waals surface area contributed by atoms with E-state index < -0.39 is 0 Å². The van der Waals surface area contributed by atoms with E-state index in [0.717, 1.165) is 20.3 Å². The van der Waals surface area contributed by atoms with Gasteiger partial charge in [-0.3, -0.25) is 4.98 Å². The fourth-order valence-electron chi connectivity index (χ4n) is 1.70. The number of nitrogens with one attached hydrogen (secondary N) is 1. The van der Waals surface area contributed by atoms with Crippen molar-refractivity contribution in [1.82, 2.24) is 4.98 Å². The highest BCUT2D eigenvalue weighted by Crippen LogP contribution is 2.30. The van der Waals surface area contributed by atoms with Crippen LogP contribution in [0.25, 0.3) is 0 Å². The molecule has 0 aliphatic carbocycles. The van der Waals surface area contributed by atoms with Crippen LogP contribution >= 0.6 is 31.9 Å². The molecule has 1 aromatic heterocycles. The third kappa shape index (κ3) is 3.64. The van der Waals surface area contributed by atoms with Crippen molar-refractivity contribution in [3.05, 3.63) is 45.1 Å². The SMILES string of the molecule is COc1ccc(NCc2ncc(Br)cc2Br)cc1OC. The molecule has 0 fully saturated rings. The molecule has 0 spiro atoms. The van der Waals surface area contributed by atoms with Gasteiger partial charge in [-0.15, -0.1) is 0 Å². The Bertz CT molecular complexity index is 606. The smallest absolute Gasteiger partial charge is 0.162 e. The Labute approximate surface area is 134 Å². The van der Waals surface area contributed by atoms with E-state index >= 15 is 0 Å². The molecule has 0 saturated carbocycles. The molecule has 1 heterocycles. The number of ether oxygens (including phenoxy) is 2. The molecular formula is C14H14Br2N2O2. The molecule has 0 saturated heterocycles. The summed E-state index contributed by atoms with van der Waals surface area (Å²) in [5.41, 5.74) is 1.88. The summed E-state index contributed by atoms with van der Waals surface area (Å²) in [6.45, 7) is 0.614. The lowest BCUT2D eigenvalue weighted by Crippen LogP contribution is -2.03. The van der Waals surface area contributed by atoms with E-state index in [1.165, 1.54) is 0 Å². The number of pyridine rings is 1. The lowest BCUT2D eigenvalue weighted by molar-refractivity contribution is 0.355. The average molecular weight is 402 g/mol. The first-order valence-electron chi connectivity index (χ1n) is 5.90. The summed E-state index contributed by atoms with van der Waals surface area (Å²) >= 11 is 6.88. The third-order valence-electron chi connectivity index (χ3n) is 2.73. The van der Waals surface area contributed by atoms with E-state index in [-0.39, 0.29) is 0 Å². The van der Waals surface area contributed by atoms with Gasteiger partial charge in [-0.05, 0) is 50.1 Å². The Hall–Kier alpha value is -1.27. The largest absolute Gasteiger partial charge is 0.493 e. The summed E-state index contributed by atoms with van der Waals surface area (Å²) in [6.07, 6.45) is 1.77. The lowest BCUT2D eigenvalue weighted by atomic mass is 10.2. The maximum Gasteiger partial charge on any atom is 0.162 e. The summed E-state index contributed by atoms with van der Waals surface area (Å²) in [7, 11) is 3.24. The van der Waals surface area contributed by atoms with Crippen LogP contribution in [0.5, 0.6) is 11.5 Å². The molecule has 6 heteroatoms. The fourth-order valence-corrected chi connectivity index (χ4v) is 2.83. The second-order valence-corrected chi connectivity index (χ2v) is 5.78. The van der Waals surface area contributed by atoms with Gasteiger partial charge >= 0.3 is 0 Å². The van der Waals surface area contributed by atoms with E-state index in [0.29, 0.717) is 18.0 Å². The van der Waals surface area contributed by atoms with Crippen LogP contribution in [0.15, 0.2) is 39.4 Å². The maximum atomic E-state index is 5.27. The monoisotopic (exact) mass is 400 g/mol. The van der Waals surface area contributed by atoms with Gasteiger partial charge < -0.3 is 14.8 Å². The van der Waals surface area contributed by atoms with Crippen LogP contribution in [0.4, 0.5) is 5.69 Å². The van der Waals surface area contributed by atoms with Crippen LogP contribution in [0.1, 0.15) is 5.69 Å². The molecule has 2 aromatic rings. The molecule has 0 radical (unpaired) electrons. The van der Waals surface area contributed by atoms with E-state index in [2.05, 4.69) is 42.2 Å². The Kier molecular flexibility index (Phi) is 5.25. The minimum atomic E-state index is 0.614. The van der Waals surface area contributed by atoms with Gasteiger partial charge in [0.15, 0.2) is 11.5 Å². The van der Waals surface area contributed by atoms with Crippen molar-refractivity contribution in [2.24, 2.45) is 0 Å². The highest BCUT2D eigenvalue weighted by Gasteiger charge is 2.06. The van der Waals surface area contributed by atoms with E-state index in [1.807, 2.05) is 24.3 Å². The minimum absolute atomic E-state index is 0.614. The molecule has 0 bridgehead atoms. The summed E-state index contributed by atoms with van der Waals surface area (Å²) in [6, 6.07) is 7.67. The van der Waals surface area contributed by atoms with Crippen molar-refractivity contribution < 1.29 is 9.47 Å². The number of rotatable bonds is 5. The standard InChI is InChI=1S/C14H14Br2N2O2/c1-19-13-4-3-10(6-14(13)20-2)17-8-12-11(16)5-9(15)7-18-12/h3-7,17H,8H2,1-2H3. The van der Waals surface area contributed by atoms with Crippen molar-refractivity contribution in [3.8, 4) is 11.5 Å². The summed E-state index contributed by atoms with van der Waals surface area (Å²) in [5.74, 6) is 1.40. The zero-order chi connectivity index (χ0) is 14.5. The number of methoxy groups -OCH3 is 2. The topological polar surface area (TPSA) is 43.4 Å². The Morgan fingerprint density at radius 1 is 1.10 bits per heavy atom. The van der Waals surface area contributed by atoms with Gasteiger partial charge in [0.25, 0.3) is 0 Å². The van der Waals surface area contributed by atoms with Crippen LogP contribution in [0.3, 0.4) is 0 Å². The second kappa shape index (κ2) is 6.95. The Morgan fingerprint density at radius 3 is 2.50 bits per heavy atom. The quantitative estimate of drug-likeness (QED) is 0.813. The third-order valence-corrected chi connectivity index (χ3v) is 3.85. The maximum absolute atomic E-state index is 5.27. The number of hydrogen-bond donors (Lipinski definition) is 1. The summed E-state index contributed by atoms with van der Waals surface area (Å²) < 4.78 is 12.4. The van der Waals surface area contributed by atoms with E-state index in [4.69, 9.17) is 9.47 Å². The van der Waals surface area contributed by atoms with Crippen molar-refractivity contribution >= 4 is 37.5 Å². The molecular weight excluding hydrogens is 388 g/mol. The fraction of sp³-hybridized carbons (Fsp3) is 0.214. The van der Waals surface area contributed by atoms with Crippen LogP contribution in [0, 0.1) is 0 Å². The average Bonchev–Trinajstić information content (AvgIpc) is 2.46. The Balaban J connectivity index is 2.10. The highest BCUT2D eigenvalue weighted by atomic mass is 79.9. The first-order chi connectivity index (χ1) is 9.63. The van der Waals surface area contributed by atoms with Gasteiger partial charge in [-0.1, -0.05) is 0 Å². The molecule has 106 valence electrons. The molecule has 2 rings (SSSR count). The zero-order valence-electron chi connectivity index (χ0n) is 11.1. The van der Waals surface area contributed by atoms with E-state index in [1.54, 1.807) is 20.4 Å². The van der Waals surface area contributed by atoms with Gasteiger partial charge in [0, 0.05) is 26.9 Å². The molecule has 1 N–H and O–H groups in total. The van der Waals surface area contributed by atoms with Gasteiger partial charge in [0.2, 0.25) is 0 Å². The van der Waals surface area contributed by atoms with Crippen LogP contribution in [-0.4, -0.2) is 19.2 Å². The number of benzene rings is 1. The van der Waals surface area contributed by atoms with Crippen LogP contribution in [-0.2, 0) is 6.54 Å². The van der Waals surface area contributed by atoms with E-state index in [9.17, 15) is 0 Å². The summed E-state index contributed by atoms with van der Waals surface area (Å²) in [4.78, 5) is 4.36. The number of hydrogen-bond acceptors (Lipinski definition) is 4. The van der Waals surface area contributed by atoms with Crippen molar-refractivity contribution in [3.63, 3.8) is 0 Å². The van der Waals surface area contributed by atoms with Gasteiger partial charge in [0.1, 0.15) is 0 Å². The number of aromatic nitrogens is 1. The molecule has 0 unspecified atom stereocenters. The highest BCUT2D eigenvalue weighted by molar-refractivity contribution is 9.11. The zero-order valence-corrected chi connectivity index (χ0v) is 14.3. The normalized spacial score (nSPS) is 10.2. The number of halogens is 2. The molecule has 1 aromatic carbocycles. The Morgan fingerprint density at radius 2 is 1.85 bits per heavy atom. The second-order valence-electron chi connectivity index (χ2n) is 4.01. The van der Waals surface area contributed by atoms with Crippen molar-refractivity contribution in [2.45, 2.75) is 6.54 Å². The first kappa shape index (κ1) is 15.1. The van der Waals surface area contributed by atoms with Gasteiger partial charge in [-0.2, -0.15) is 0 Å². The molecule has 20 heavy (non-hydrogen) atoms. The molecule has 0 aliphatic heterocycles. The minimum Gasteiger partial charge on any atom is -0.493 e. The van der Waals surface area contributed by atoms with Gasteiger partial charge in [0.05, 0.1) is 26.5 Å². The number of nitrogens with zero attached hydrogens (tertiary/aromatic N) is 1. The predicted molar refractivity (Wildman–Crippen MR) is 86.5 cm³/mol. The molecule has 0 atom stereocenters. The summed E-state index contributed by atoms with van der Waals surface area (Å²) in [5, 5.41) is 3.30. The van der Waals surface area contributed by atoms with Crippen LogP contribution < -0.4 is 14.8 Å². The first-order valence-corrected chi connectivity index (χ1v) is 7.48.